The third-order valence-corrected chi connectivity index (χ3v) is 4.92. The first kappa shape index (κ1) is 16.7. The summed E-state index contributed by atoms with van der Waals surface area (Å²) < 4.78 is 1.62. The van der Waals surface area contributed by atoms with E-state index >= 15 is 0 Å². The summed E-state index contributed by atoms with van der Waals surface area (Å²) in [6.07, 6.45) is 6.24. The van der Waals surface area contributed by atoms with Gasteiger partial charge in [-0.1, -0.05) is 6.92 Å². The summed E-state index contributed by atoms with van der Waals surface area (Å²) in [4.78, 5) is 2.57. The van der Waals surface area contributed by atoms with E-state index in [1.54, 1.807) is 17.3 Å². The number of hydrogen-bond acceptors (Lipinski definition) is 4. The number of aromatic nitrogens is 3. The average Bonchev–Trinajstić information content (AvgIpc) is 2.97. The predicted molar refractivity (Wildman–Crippen MR) is 98.9 cm³/mol. The first-order chi connectivity index (χ1) is 11.3. The standard InChI is InChI=1S/C19H27N5/c1-13(2)24-18-7-14(3)16(10-22-23-11-20-21-12-23)8-17(18)15(4)9-19(24,5)6/h7-8,10-13,15H,9H2,1-6H3/b22-10+. The lowest BCUT2D eigenvalue weighted by atomic mass is 9.78. The average molecular weight is 325 g/mol. The fourth-order valence-electron chi connectivity index (χ4n) is 4.11. The Morgan fingerprint density at radius 3 is 2.54 bits per heavy atom. The van der Waals surface area contributed by atoms with Crippen LogP contribution in [-0.2, 0) is 0 Å². The molecule has 0 aliphatic carbocycles. The normalized spacial score (nSPS) is 20.0. The van der Waals surface area contributed by atoms with Crippen LogP contribution >= 0.6 is 0 Å². The molecule has 2 heterocycles. The van der Waals surface area contributed by atoms with Crippen molar-refractivity contribution in [3.63, 3.8) is 0 Å². The molecule has 2 aromatic rings. The third-order valence-electron chi connectivity index (χ3n) is 4.92. The maximum absolute atomic E-state index is 4.41. The Kier molecular flexibility index (Phi) is 4.20. The van der Waals surface area contributed by atoms with Gasteiger partial charge < -0.3 is 4.90 Å². The lowest BCUT2D eigenvalue weighted by Crippen LogP contribution is -2.51. The van der Waals surface area contributed by atoms with Crippen LogP contribution in [0.4, 0.5) is 5.69 Å². The molecule has 0 amide bonds. The molecule has 128 valence electrons. The highest BCUT2D eigenvalue weighted by Gasteiger charge is 2.37. The monoisotopic (exact) mass is 325 g/mol. The van der Waals surface area contributed by atoms with Gasteiger partial charge in [-0.25, -0.2) is 4.68 Å². The molecule has 1 atom stereocenters. The number of nitrogens with zero attached hydrogens (tertiary/aromatic N) is 5. The van der Waals surface area contributed by atoms with Crippen LogP contribution in [0.15, 0.2) is 29.9 Å². The van der Waals surface area contributed by atoms with Crippen LogP contribution in [0.1, 0.15) is 63.6 Å². The van der Waals surface area contributed by atoms with Gasteiger partial charge in [0.2, 0.25) is 0 Å². The molecule has 0 bridgehead atoms. The Balaban J connectivity index is 2.05. The minimum Gasteiger partial charge on any atom is -0.364 e. The second kappa shape index (κ2) is 6.04. The Labute approximate surface area is 144 Å². The van der Waals surface area contributed by atoms with Crippen LogP contribution in [0.5, 0.6) is 0 Å². The second-order valence-electron chi connectivity index (χ2n) is 7.74. The second-order valence-corrected chi connectivity index (χ2v) is 7.74. The van der Waals surface area contributed by atoms with E-state index in [0.29, 0.717) is 12.0 Å². The number of rotatable bonds is 3. The molecule has 24 heavy (non-hydrogen) atoms. The fourth-order valence-corrected chi connectivity index (χ4v) is 4.11. The molecular weight excluding hydrogens is 298 g/mol. The molecule has 1 aromatic heterocycles. The minimum atomic E-state index is 0.172. The van der Waals surface area contributed by atoms with Gasteiger partial charge in [0.1, 0.15) is 12.7 Å². The molecule has 0 saturated heterocycles. The smallest absolute Gasteiger partial charge is 0.141 e. The van der Waals surface area contributed by atoms with Crippen LogP contribution < -0.4 is 4.90 Å². The Bertz CT molecular complexity index is 743. The predicted octanol–water partition coefficient (Wildman–Crippen LogP) is 3.97. The first-order valence-electron chi connectivity index (χ1n) is 8.62. The quantitative estimate of drug-likeness (QED) is 0.802. The zero-order valence-electron chi connectivity index (χ0n) is 15.5. The molecule has 5 nitrogen and oxygen atoms in total. The van der Waals surface area contributed by atoms with Crippen molar-refractivity contribution in [1.82, 2.24) is 14.9 Å². The maximum Gasteiger partial charge on any atom is 0.141 e. The van der Waals surface area contributed by atoms with E-state index in [9.17, 15) is 0 Å². The van der Waals surface area contributed by atoms with Crippen molar-refractivity contribution in [3.05, 3.63) is 41.5 Å². The van der Waals surface area contributed by atoms with Crippen molar-refractivity contribution >= 4 is 11.9 Å². The summed E-state index contributed by atoms with van der Waals surface area (Å²) >= 11 is 0. The highest BCUT2D eigenvalue weighted by atomic mass is 15.4. The Morgan fingerprint density at radius 1 is 1.25 bits per heavy atom. The van der Waals surface area contributed by atoms with E-state index in [1.165, 1.54) is 16.8 Å². The summed E-state index contributed by atoms with van der Waals surface area (Å²) in [7, 11) is 0. The molecule has 5 heteroatoms. The lowest BCUT2D eigenvalue weighted by Gasteiger charge is -2.50. The lowest BCUT2D eigenvalue weighted by molar-refractivity contribution is 0.356. The van der Waals surface area contributed by atoms with Crippen LogP contribution in [0, 0.1) is 6.92 Å². The van der Waals surface area contributed by atoms with Crippen LogP contribution in [0.25, 0.3) is 0 Å². The van der Waals surface area contributed by atoms with Gasteiger partial charge in [-0.2, -0.15) is 5.10 Å². The molecule has 1 aliphatic rings. The van der Waals surface area contributed by atoms with Crippen molar-refractivity contribution in [2.45, 2.75) is 65.5 Å². The third kappa shape index (κ3) is 2.95. The van der Waals surface area contributed by atoms with Crippen LogP contribution in [-0.4, -0.2) is 32.7 Å². The summed E-state index contributed by atoms with van der Waals surface area (Å²) in [5.41, 5.74) is 5.34. The molecule has 0 radical (unpaired) electrons. The van der Waals surface area contributed by atoms with Crippen LogP contribution in [0.3, 0.4) is 0 Å². The van der Waals surface area contributed by atoms with Crippen molar-refractivity contribution in [2.75, 3.05) is 4.90 Å². The van der Waals surface area contributed by atoms with E-state index in [1.807, 2.05) is 6.21 Å². The first-order valence-corrected chi connectivity index (χ1v) is 8.62. The number of aryl methyl sites for hydroxylation is 1. The van der Waals surface area contributed by atoms with Gasteiger partial charge in [0.05, 0.1) is 6.21 Å². The molecule has 0 saturated carbocycles. The Morgan fingerprint density at radius 2 is 1.92 bits per heavy atom. The molecule has 1 unspecified atom stereocenters. The fraction of sp³-hybridized carbons (Fsp3) is 0.526. The molecule has 0 spiro atoms. The van der Waals surface area contributed by atoms with Gasteiger partial charge in [0.15, 0.2) is 0 Å². The number of anilines is 1. The highest BCUT2D eigenvalue weighted by Crippen LogP contribution is 2.45. The maximum atomic E-state index is 4.41. The number of hydrogen-bond donors (Lipinski definition) is 0. The summed E-state index contributed by atoms with van der Waals surface area (Å²) in [6, 6.07) is 5.09. The van der Waals surface area contributed by atoms with Gasteiger partial charge >= 0.3 is 0 Å². The number of fused-ring (bicyclic) bond motifs is 1. The zero-order valence-corrected chi connectivity index (χ0v) is 15.5. The Hall–Kier alpha value is -2.17. The summed E-state index contributed by atoms with van der Waals surface area (Å²) in [5, 5.41) is 12.0. The SMILES string of the molecule is Cc1cc2c(cc1/C=N/n1cnnc1)C(C)CC(C)(C)N2C(C)C. The van der Waals surface area contributed by atoms with Gasteiger partial charge in [0.25, 0.3) is 0 Å². The largest absolute Gasteiger partial charge is 0.364 e. The van der Waals surface area contributed by atoms with E-state index in [0.717, 1.165) is 12.0 Å². The van der Waals surface area contributed by atoms with Gasteiger partial charge in [-0.3, -0.25) is 0 Å². The van der Waals surface area contributed by atoms with Crippen molar-refractivity contribution in [2.24, 2.45) is 5.10 Å². The topological polar surface area (TPSA) is 46.3 Å². The number of benzene rings is 1. The van der Waals surface area contributed by atoms with Gasteiger partial charge in [-0.05, 0) is 75.8 Å². The molecule has 1 aliphatic heterocycles. The van der Waals surface area contributed by atoms with Gasteiger partial charge in [0, 0.05) is 17.3 Å². The van der Waals surface area contributed by atoms with E-state index in [4.69, 9.17) is 0 Å². The highest BCUT2D eigenvalue weighted by molar-refractivity contribution is 5.84. The van der Waals surface area contributed by atoms with Crippen molar-refractivity contribution < 1.29 is 0 Å². The van der Waals surface area contributed by atoms with E-state index in [2.05, 4.69) is 73.9 Å². The molecule has 3 rings (SSSR count). The summed E-state index contributed by atoms with van der Waals surface area (Å²) in [6.45, 7) is 13.7. The molecule has 1 aromatic carbocycles. The summed E-state index contributed by atoms with van der Waals surface area (Å²) in [5.74, 6) is 0.535. The van der Waals surface area contributed by atoms with Crippen molar-refractivity contribution in [1.29, 1.82) is 0 Å². The molecular formula is C19H27N5. The van der Waals surface area contributed by atoms with Gasteiger partial charge in [-0.15, -0.1) is 10.2 Å². The molecule has 0 N–H and O–H groups in total. The minimum absolute atomic E-state index is 0.172. The van der Waals surface area contributed by atoms with Crippen LogP contribution in [0.2, 0.25) is 0 Å². The zero-order chi connectivity index (χ0) is 17.5. The van der Waals surface area contributed by atoms with E-state index < -0.39 is 0 Å². The molecule has 0 fully saturated rings. The van der Waals surface area contributed by atoms with E-state index in [-0.39, 0.29) is 5.54 Å². The van der Waals surface area contributed by atoms with Crippen molar-refractivity contribution in [3.8, 4) is 0 Å².